The van der Waals surface area contributed by atoms with Crippen LogP contribution >= 0.6 is 0 Å². The van der Waals surface area contributed by atoms with E-state index in [1.807, 2.05) is 0 Å². The summed E-state index contributed by atoms with van der Waals surface area (Å²) in [4.78, 5) is 23.6. The Balaban J connectivity index is 1.62. The second-order valence-corrected chi connectivity index (χ2v) is 7.49. The Morgan fingerprint density at radius 1 is 1.19 bits per heavy atom. The van der Waals surface area contributed by atoms with Gasteiger partial charge in [0.15, 0.2) is 0 Å². The first-order valence-corrected chi connectivity index (χ1v) is 9.72. The van der Waals surface area contributed by atoms with E-state index < -0.39 is 22.6 Å². The third-order valence-electron chi connectivity index (χ3n) is 4.88. The number of carbonyl (C=O) groups excluding carboxylic acids is 1. The third kappa shape index (κ3) is 4.56. The van der Waals surface area contributed by atoms with E-state index >= 15 is 0 Å². The normalized spacial score (nSPS) is 13.6. The molecule has 0 atom stereocenters. The minimum absolute atomic E-state index is 0.0347. The zero-order valence-corrected chi connectivity index (χ0v) is 16.8. The third-order valence-corrected chi connectivity index (χ3v) is 4.88. The van der Waals surface area contributed by atoms with Crippen molar-refractivity contribution in [3.8, 4) is 5.69 Å². The van der Waals surface area contributed by atoms with Crippen molar-refractivity contribution in [1.29, 1.82) is 0 Å². The molecule has 11 heteroatoms. The fourth-order valence-corrected chi connectivity index (χ4v) is 3.18. The molecule has 1 aliphatic rings. The van der Waals surface area contributed by atoms with Gasteiger partial charge >= 0.3 is 6.18 Å². The standard InChI is InChI=1S/C21H18F3N5O3/c1-12-9-19(28(27-12)16-4-2-3-14(11-16)21(22,23)24)26-20(30)13-5-8-17(25-15-6-7-15)18(10-13)29(31)32/h2-5,8-11,15,25H,6-7H2,1H3,(H,26,30). The largest absolute Gasteiger partial charge is 0.416 e. The number of anilines is 2. The van der Waals surface area contributed by atoms with Crippen molar-refractivity contribution >= 4 is 23.1 Å². The summed E-state index contributed by atoms with van der Waals surface area (Å²) in [7, 11) is 0. The molecule has 0 unspecified atom stereocenters. The van der Waals surface area contributed by atoms with Crippen molar-refractivity contribution in [2.24, 2.45) is 0 Å². The average Bonchev–Trinajstić information content (AvgIpc) is 3.47. The zero-order chi connectivity index (χ0) is 23.0. The van der Waals surface area contributed by atoms with E-state index in [1.165, 1.54) is 35.0 Å². The first-order chi connectivity index (χ1) is 15.1. The number of rotatable bonds is 6. The van der Waals surface area contributed by atoms with Crippen LogP contribution in [0.4, 0.5) is 30.4 Å². The number of amides is 1. The summed E-state index contributed by atoms with van der Waals surface area (Å²) < 4.78 is 40.4. The first kappa shape index (κ1) is 21.3. The van der Waals surface area contributed by atoms with Crippen molar-refractivity contribution in [3.05, 3.63) is 75.5 Å². The average molecular weight is 445 g/mol. The molecule has 8 nitrogen and oxygen atoms in total. The van der Waals surface area contributed by atoms with Gasteiger partial charge < -0.3 is 10.6 Å². The molecule has 1 aromatic heterocycles. The molecule has 0 aliphatic heterocycles. The number of aryl methyl sites for hydroxylation is 1. The van der Waals surface area contributed by atoms with Crippen LogP contribution in [0.2, 0.25) is 0 Å². The van der Waals surface area contributed by atoms with Gasteiger partial charge in [-0.25, -0.2) is 4.68 Å². The maximum absolute atomic E-state index is 13.1. The highest BCUT2D eigenvalue weighted by Crippen LogP contribution is 2.33. The number of aromatic nitrogens is 2. The molecule has 1 saturated carbocycles. The monoisotopic (exact) mass is 445 g/mol. The molecule has 2 aromatic carbocycles. The van der Waals surface area contributed by atoms with E-state index in [-0.39, 0.29) is 28.8 Å². The number of benzene rings is 2. The highest BCUT2D eigenvalue weighted by atomic mass is 19.4. The van der Waals surface area contributed by atoms with Gasteiger partial charge in [-0.2, -0.15) is 18.3 Å². The van der Waals surface area contributed by atoms with Crippen LogP contribution in [-0.4, -0.2) is 26.7 Å². The van der Waals surface area contributed by atoms with Crippen molar-refractivity contribution < 1.29 is 22.9 Å². The van der Waals surface area contributed by atoms with E-state index in [9.17, 15) is 28.1 Å². The number of hydrogen-bond acceptors (Lipinski definition) is 5. The summed E-state index contributed by atoms with van der Waals surface area (Å²) in [5.41, 5.74) is -0.140. The first-order valence-electron chi connectivity index (χ1n) is 9.72. The minimum atomic E-state index is -4.53. The molecular formula is C21H18F3N5O3. The smallest absolute Gasteiger partial charge is 0.377 e. The molecule has 32 heavy (non-hydrogen) atoms. The molecule has 1 amide bonds. The van der Waals surface area contributed by atoms with Gasteiger partial charge in [-0.05, 0) is 50.1 Å². The topological polar surface area (TPSA) is 102 Å². The second kappa shape index (κ2) is 7.98. The van der Waals surface area contributed by atoms with Crippen LogP contribution < -0.4 is 10.6 Å². The maximum atomic E-state index is 13.1. The predicted molar refractivity (Wildman–Crippen MR) is 111 cm³/mol. The Kier molecular flexibility index (Phi) is 5.33. The summed E-state index contributed by atoms with van der Waals surface area (Å²) in [6, 6.07) is 10.3. The van der Waals surface area contributed by atoms with E-state index in [1.54, 1.807) is 6.92 Å². The number of nitro benzene ring substituents is 1. The minimum Gasteiger partial charge on any atom is -0.377 e. The molecule has 0 bridgehead atoms. The van der Waals surface area contributed by atoms with Crippen LogP contribution in [0, 0.1) is 17.0 Å². The SMILES string of the molecule is Cc1cc(NC(=O)c2ccc(NC3CC3)c([N+](=O)[O-])c2)n(-c2cccc(C(F)(F)F)c2)n1. The van der Waals surface area contributed by atoms with Gasteiger partial charge in [-0.3, -0.25) is 14.9 Å². The van der Waals surface area contributed by atoms with Gasteiger partial charge in [0.05, 0.1) is 21.9 Å². The second-order valence-electron chi connectivity index (χ2n) is 7.49. The summed E-state index contributed by atoms with van der Waals surface area (Å²) >= 11 is 0. The lowest BCUT2D eigenvalue weighted by Crippen LogP contribution is -2.16. The maximum Gasteiger partial charge on any atom is 0.416 e. The molecular weight excluding hydrogens is 427 g/mol. The summed E-state index contributed by atoms with van der Waals surface area (Å²) in [6.45, 7) is 1.63. The zero-order valence-electron chi connectivity index (χ0n) is 16.8. The highest BCUT2D eigenvalue weighted by Gasteiger charge is 2.31. The van der Waals surface area contributed by atoms with Gasteiger partial charge in [0.2, 0.25) is 0 Å². The number of nitro groups is 1. The summed E-state index contributed by atoms with van der Waals surface area (Å²) in [5, 5.41) is 21.2. The van der Waals surface area contributed by atoms with E-state index in [0.717, 1.165) is 31.0 Å². The molecule has 1 heterocycles. The fourth-order valence-electron chi connectivity index (χ4n) is 3.18. The predicted octanol–water partition coefficient (Wildman–Crippen LogP) is 4.93. The Labute approximate surface area is 180 Å². The van der Waals surface area contributed by atoms with E-state index in [4.69, 9.17) is 0 Å². The summed E-state index contributed by atoms with van der Waals surface area (Å²) in [6.07, 6.45) is -2.67. The molecule has 166 valence electrons. The lowest BCUT2D eigenvalue weighted by Gasteiger charge is -2.12. The number of alkyl halides is 3. The van der Waals surface area contributed by atoms with Gasteiger partial charge in [0.25, 0.3) is 11.6 Å². The molecule has 0 spiro atoms. The van der Waals surface area contributed by atoms with E-state index in [0.29, 0.717) is 11.4 Å². The number of halogens is 3. The Morgan fingerprint density at radius 2 is 1.94 bits per heavy atom. The number of nitrogens with zero attached hydrogens (tertiary/aromatic N) is 3. The molecule has 0 saturated heterocycles. The molecule has 1 aliphatic carbocycles. The molecule has 1 fully saturated rings. The lowest BCUT2D eigenvalue weighted by molar-refractivity contribution is -0.384. The number of hydrogen-bond donors (Lipinski definition) is 2. The van der Waals surface area contributed by atoms with Crippen LogP contribution in [-0.2, 0) is 6.18 Å². The molecule has 3 aromatic rings. The fraction of sp³-hybridized carbons (Fsp3) is 0.238. The van der Waals surface area contributed by atoms with E-state index in [2.05, 4.69) is 15.7 Å². The van der Waals surface area contributed by atoms with Crippen molar-refractivity contribution in [2.45, 2.75) is 32.0 Å². The van der Waals surface area contributed by atoms with Crippen LogP contribution in [0.15, 0.2) is 48.5 Å². The van der Waals surface area contributed by atoms with Crippen LogP contribution in [0.5, 0.6) is 0 Å². The van der Waals surface area contributed by atoms with Crippen molar-refractivity contribution in [2.75, 3.05) is 10.6 Å². The van der Waals surface area contributed by atoms with Gasteiger partial charge in [-0.15, -0.1) is 0 Å². The Bertz CT molecular complexity index is 1200. The Morgan fingerprint density at radius 3 is 2.59 bits per heavy atom. The summed E-state index contributed by atoms with van der Waals surface area (Å²) in [5.74, 6) is -0.520. The van der Waals surface area contributed by atoms with Gasteiger partial charge in [0.1, 0.15) is 11.5 Å². The van der Waals surface area contributed by atoms with Crippen LogP contribution in [0.1, 0.15) is 34.5 Å². The van der Waals surface area contributed by atoms with Crippen molar-refractivity contribution in [1.82, 2.24) is 9.78 Å². The number of carbonyl (C=O) groups is 1. The van der Waals surface area contributed by atoms with Crippen molar-refractivity contribution in [3.63, 3.8) is 0 Å². The van der Waals surface area contributed by atoms with Gasteiger partial charge in [0, 0.05) is 23.7 Å². The van der Waals surface area contributed by atoms with Crippen LogP contribution in [0.25, 0.3) is 5.69 Å². The lowest BCUT2D eigenvalue weighted by atomic mass is 10.1. The van der Waals surface area contributed by atoms with Gasteiger partial charge in [-0.1, -0.05) is 6.07 Å². The highest BCUT2D eigenvalue weighted by molar-refractivity contribution is 6.04. The molecule has 2 N–H and O–H groups in total. The molecule has 4 rings (SSSR count). The number of nitrogens with one attached hydrogen (secondary N) is 2. The molecule has 0 radical (unpaired) electrons. The quantitative estimate of drug-likeness (QED) is 0.414. The Hall–Kier alpha value is -3.89. The van der Waals surface area contributed by atoms with Crippen LogP contribution in [0.3, 0.4) is 0 Å².